The van der Waals surface area contributed by atoms with Crippen molar-refractivity contribution in [3.05, 3.63) is 11.6 Å². The third kappa shape index (κ3) is 2.62. The van der Waals surface area contributed by atoms with E-state index in [-0.39, 0.29) is 0 Å². The lowest BCUT2D eigenvalue weighted by Crippen LogP contribution is -2.68. The van der Waals surface area contributed by atoms with Gasteiger partial charge in [-0.15, -0.1) is 0 Å². The lowest BCUT2D eigenvalue weighted by molar-refractivity contribution is 0.0186. The van der Waals surface area contributed by atoms with Crippen molar-refractivity contribution < 1.29 is 0 Å². The fourth-order valence-electron chi connectivity index (χ4n) is 4.52. The molecule has 0 amide bonds. The molecule has 1 N–H and O–H groups in total. The molecule has 0 bridgehead atoms. The summed E-state index contributed by atoms with van der Waals surface area (Å²) in [5.74, 6) is 0. The molecule has 0 aromatic heterocycles. The predicted molar refractivity (Wildman–Crippen MR) is 81.4 cm³/mol. The van der Waals surface area contributed by atoms with Gasteiger partial charge in [0.05, 0.1) is 0 Å². The number of allylic oxidation sites excluding steroid dienone is 1. The summed E-state index contributed by atoms with van der Waals surface area (Å²) in [6, 6.07) is 0. The van der Waals surface area contributed by atoms with Crippen LogP contribution in [-0.2, 0) is 0 Å². The molecule has 3 aliphatic rings. The molecule has 2 spiro atoms. The molecule has 0 aromatic carbocycles. The number of rotatable bonds is 2. The summed E-state index contributed by atoms with van der Waals surface area (Å²) in [5, 5.41) is 3.98. The van der Waals surface area contributed by atoms with Gasteiger partial charge in [-0.3, -0.25) is 4.90 Å². The van der Waals surface area contributed by atoms with Gasteiger partial charge in [-0.1, -0.05) is 37.3 Å². The lowest BCUT2D eigenvalue weighted by atomic mass is 9.84. The van der Waals surface area contributed by atoms with Crippen molar-refractivity contribution in [1.82, 2.24) is 10.2 Å². The summed E-state index contributed by atoms with van der Waals surface area (Å²) in [6.45, 7) is 8.16. The van der Waals surface area contributed by atoms with Crippen LogP contribution in [0.15, 0.2) is 11.6 Å². The summed E-state index contributed by atoms with van der Waals surface area (Å²) in [4.78, 5) is 2.84. The van der Waals surface area contributed by atoms with Crippen LogP contribution < -0.4 is 5.32 Å². The molecule has 2 aliphatic carbocycles. The first-order valence-electron chi connectivity index (χ1n) is 8.28. The number of hydrogen-bond donors (Lipinski definition) is 1. The minimum absolute atomic E-state index is 0.462. The molecule has 2 saturated carbocycles. The molecule has 1 aliphatic heterocycles. The molecule has 0 aromatic rings. The number of nitrogens with one attached hydrogen (secondary N) is 1. The van der Waals surface area contributed by atoms with Gasteiger partial charge < -0.3 is 5.32 Å². The number of hydrogen-bond acceptors (Lipinski definition) is 2. The summed E-state index contributed by atoms with van der Waals surface area (Å²) in [5.41, 5.74) is 2.41. The van der Waals surface area contributed by atoms with Gasteiger partial charge in [0.15, 0.2) is 0 Å². The zero-order valence-electron chi connectivity index (χ0n) is 12.8. The van der Waals surface area contributed by atoms with Gasteiger partial charge in [0.2, 0.25) is 0 Å². The van der Waals surface area contributed by atoms with E-state index in [0.29, 0.717) is 11.1 Å². The monoisotopic (exact) mass is 262 g/mol. The molecule has 3 fully saturated rings. The van der Waals surface area contributed by atoms with Crippen LogP contribution in [0.1, 0.15) is 65.2 Å². The van der Waals surface area contributed by atoms with Gasteiger partial charge >= 0.3 is 0 Å². The molecular weight excluding hydrogens is 232 g/mol. The van der Waals surface area contributed by atoms with E-state index in [0.717, 1.165) is 0 Å². The van der Waals surface area contributed by atoms with E-state index < -0.39 is 0 Å². The fraction of sp³-hybridized carbons (Fsp3) is 0.882. The van der Waals surface area contributed by atoms with E-state index in [4.69, 9.17) is 0 Å². The Morgan fingerprint density at radius 2 is 1.68 bits per heavy atom. The van der Waals surface area contributed by atoms with Crippen LogP contribution in [0.3, 0.4) is 0 Å². The molecule has 0 atom stereocenters. The first kappa shape index (κ1) is 13.6. The van der Waals surface area contributed by atoms with Crippen molar-refractivity contribution >= 4 is 0 Å². The van der Waals surface area contributed by atoms with Crippen LogP contribution in [0.4, 0.5) is 0 Å². The maximum Gasteiger partial charge on any atom is 0.0338 e. The van der Waals surface area contributed by atoms with E-state index in [9.17, 15) is 0 Å². The average molecular weight is 262 g/mol. The molecule has 2 heteroatoms. The van der Waals surface area contributed by atoms with E-state index in [1.54, 1.807) is 0 Å². The molecule has 1 heterocycles. The molecular formula is C17H30N2. The van der Waals surface area contributed by atoms with Crippen molar-refractivity contribution in [3.63, 3.8) is 0 Å². The largest absolute Gasteiger partial charge is 0.308 e. The Kier molecular flexibility index (Phi) is 3.74. The number of piperazine rings is 1. The molecule has 0 unspecified atom stereocenters. The van der Waals surface area contributed by atoms with Gasteiger partial charge in [-0.25, -0.2) is 0 Å². The molecule has 19 heavy (non-hydrogen) atoms. The fourth-order valence-corrected chi connectivity index (χ4v) is 4.52. The lowest BCUT2D eigenvalue weighted by Gasteiger charge is -2.52. The Balaban J connectivity index is 1.77. The Labute approximate surface area is 118 Å². The summed E-state index contributed by atoms with van der Waals surface area (Å²) >= 11 is 0. The Hall–Kier alpha value is -0.340. The Morgan fingerprint density at radius 1 is 1.05 bits per heavy atom. The molecule has 0 radical (unpaired) electrons. The maximum atomic E-state index is 3.98. The van der Waals surface area contributed by atoms with Gasteiger partial charge in [0, 0.05) is 30.7 Å². The molecule has 3 rings (SSSR count). The predicted octanol–water partition coefficient (Wildman–Crippen LogP) is 3.48. The van der Waals surface area contributed by atoms with Crippen molar-refractivity contribution in [2.24, 2.45) is 0 Å². The number of nitrogens with zero attached hydrogens (tertiary/aromatic N) is 1. The van der Waals surface area contributed by atoms with Gasteiger partial charge in [-0.2, -0.15) is 0 Å². The van der Waals surface area contributed by atoms with Crippen molar-refractivity contribution in [2.75, 3.05) is 19.6 Å². The Bertz CT molecular complexity index is 342. The minimum Gasteiger partial charge on any atom is -0.308 e. The normalized spacial score (nSPS) is 29.2. The second-order valence-corrected chi connectivity index (χ2v) is 7.43. The SMILES string of the molecule is CC(C)=CCN1CC2(CCCC2)NCC12CCCC2. The first-order valence-corrected chi connectivity index (χ1v) is 8.28. The van der Waals surface area contributed by atoms with Crippen LogP contribution in [0.5, 0.6) is 0 Å². The molecule has 2 nitrogen and oxygen atoms in total. The quantitative estimate of drug-likeness (QED) is 0.766. The highest BCUT2D eigenvalue weighted by Gasteiger charge is 2.48. The van der Waals surface area contributed by atoms with E-state index >= 15 is 0 Å². The van der Waals surface area contributed by atoms with Gasteiger partial charge in [0.25, 0.3) is 0 Å². The zero-order chi connectivity index (χ0) is 13.3. The van der Waals surface area contributed by atoms with Crippen molar-refractivity contribution in [3.8, 4) is 0 Å². The van der Waals surface area contributed by atoms with Gasteiger partial charge in [0.1, 0.15) is 0 Å². The molecule has 108 valence electrons. The average Bonchev–Trinajstić information content (AvgIpc) is 3.01. The van der Waals surface area contributed by atoms with Crippen molar-refractivity contribution in [1.29, 1.82) is 0 Å². The maximum absolute atomic E-state index is 3.98. The smallest absolute Gasteiger partial charge is 0.0338 e. The van der Waals surface area contributed by atoms with E-state index in [2.05, 4.69) is 30.1 Å². The van der Waals surface area contributed by atoms with Gasteiger partial charge in [-0.05, 0) is 39.5 Å². The third-order valence-corrected chi connectivity index (χ3v) is 5.77. The topological polar surface area (TPSA) is 15.3 Å². The van der Waals surface area contributed by atoms with Crippen LogP contribution in [0.25, 0.3) is 0 Å². The van der Waals surface area contributed by atoms with Crippen LogP contribution in [0.2, 0.25) is 0 Å². The minimum atomic E-state index is 0.462. The summed E-state index contributed by atoms with van der Waals surface area (Å²) in [7, 11) is 0. The molecule has 1 saturated heterocycles. The second-order valence-electron chi connectivity index (χ2n) is 7.43. The highest BCUT2D eigenvalue weighted by atomic mass is 15.3. The standard InChI is InChI=1S/C17H30N2/c1-15(2)7-12-19-14-16(8-3-4-9-16)18-13-17(19)10-5-6-11-17/h7,18H,3-6,8-14H2,1-2H3. The summed E-state index contributed by atoms with van der Waals surface area (Å²) in [6.07, 6.45) is 13.8. The van der Waals surface area contributed by atoms with E-state index in [1.165, 1.54) is 76.6 Å². The first-order chi connectivity index (χ1) is 9.14. The third-order valence-electron chi connectivity index (χ3n) is 5.77. The Morgan fingerprint density at radius 3 is 2.32 bits per heavy atom. The zero-order valence-corrected chi connectivity index (χ0v) is 12.8. The van der Waals surface area contributed by atoms with Crippen LogP contribution in [0, 0.1) is 0 Å². The van der Waals surface area contributed by atoms with Crippen LogP contribution in [-0.4, -0.2) is 35.6 Å². The summed E-state index contributed by atoms with van der Waals surface area (Å²) < 4.78 is 0. The highest BCUT2D eigenvalue weighted by molar-refractivity contribution is 5.10. The van der Waals surface area contributed by atoms with E-state index in [1.807, 2.05) is 0 Å². The van der Waals surface area contributed by atoms with Crippen LogP contribution >= 0.6 is 0 Å². The second kappa shape index (κ2) is 5.21. The van der Waals surface area contributed by atoms with Crippen molar-refractivity contribution in [2.45, 2.75) is 76.3 Å². The highest BCUT2D eigenvalue weighted by Crippen LogP contribution is 2.42.